The van der Waals surface area contributed by atoms with E-state index in [0.29, 0.717) is 4.47 Å². The molecule has 0 radical (unpaired) electrons. The summed E-state index contributed by atoms with van der Waals surface area (Å²) in [6.45, 7) is -0.381. The zero-order valence-electron chi connectivity index (χ0n) is 12.9. The van der Waals surface area contributed by atoms with Gasteiger partial charge in [0.15, 0.2) is 6.61 Å². The van der Waals surface area contributed by atoms with Crippen molar-refractivity contribution >= 4 is 27.7 Å². The number of benzene rings is 1. The van der Waals surface area contributed by atoms with E-state index in [1.54, 1.807) is 18.2 Å². The van der Waals surface area contributed by atoms with Gasteiger partial charge in [-0.1, -0.05) is 15.9 Å². The van der Waals surface area contributed by atoms with Crippen molar-refractivity contribution in [3.63, 3.8) is 0 Å². The molecule has 0 aliphatic heterocycles. The van der Waals surface area contributed by atoms with E-state index in [-0.39, 0.29) is 40.4 Å². The lowest BCUT2D eigenvalue weighted by Crippen LogP contribution is -2.17. The minimum Gasteiger partial charge on any atom is -0.481 e. The number of ether oxygens (including phenoxy) is 2. The first kappa shape index (κ1) is 18.0. The van der Waals surface area contributed by atoms with Crippen LogP contribution >= 0.6 is 15.9 Å². The van der Waals surface area contributed by atoms with Gasteiger partial charge in [0.1, 0.15) is 34.8 Å². The number of rotatable bonds is 4. The Morgan fingerprint density at radius 3 is 2.60 bits per heavy atom. The SMILES string of the molecule is COC(=O)COc1ccc(Br)cc1-c1c(C#N)c(N)[nH]c(=O)c1C#N. The normalized spacial score (nSPS) is 9.76. The molecule has 25 heavy (non-hydrogen) atoms. The number of pyridine rings is 1. The molecule has 3 N–H and O–H groups in total. The fraction of sp³-hybridized carbons (Fsp3) is 0.125. The molecule has 1 aromatic heterocycles. The number of nitrogens with two attached hydrogens (primary N) is 1. The van der Waals surface area contributed by atoms with Crippen LogP contribution in [0.15, 0.2) is 27.5 Å². The summed E-state index contributed by atoms with van der Waals surface area (Å²) in [6, 6.07) is 8.38. The number of carbonyl (C=O) groups excluding carboxylic acids is 1. The lowest BCUT2D eigenvalue weighted by Gasteiger charge is -2.14. The van der Waals surface area contributed by atoms with Gasteiger partial charge in [-0.2, -0.15) is 10.5 Å². The number of hydrogen-bond acceptors (Lipinski definition) is 7. The van der Waals surface area contributed by atoms with E-state index in [1.807, 2.05) is 6.07 Å². The van der Waals surface area contributed by atoms with Crippen molar-refractivity contribution in [2.75, 3.05) is 19.5 Å². The van der Waals surface area contributed by atoms with E-state index in [2.05, 4.69) is 25.7 Å². The molecule has 0 aliphatic carbocycles. The first-order chi connectivity index (χ1) is 11.9. The van der Waals surface area contributed by atoms with Crippen molar-refractivity contribution in [1.82, 2.24) is 4.98 Å². The van der Waals surface area contributed by atoms with Gasteiger partial charge >= 0.3 is 5.97 Å². The van der Waals surface area contributed by atoms with E-state index in [0.717, 1.165) is 0 Å². The number of nitrogens with one attached hydrogen (secondary N) is 1. The van der Waals surface area contributed by atoms with E-state index in [9.17, 15) is 20.1 Å². The maximum atomic E-state index is 12.0. The zero-order chi connectivity index (χ0) is 18.6. The second kappa shape index (κ2) is 7.51. The fourth-order valence-electron chi connectivity index (χ4n) is 2.13. The molecule has 0 bridgehead atoms. The lowest BCUT2D eigenvalue weighted by molar-refractivity contribution is -0.142. The van der Waals surface area contributed by atoms with E-state index >= 15 is 0 Å². The Balaban J connectivity index is 2.76. The average Bonchev–Trinajstić information content (AvgIpc) is 2.59. The van der Waals surface area contributed by atoms with E-state index < -0.39 is 11.5 Å². The number of anilines is 1. The summed E-state index contributed by atoms with van der Waals surface area (Å²) in [5, 5.41) is 18.7. The Labute approximate surface area is 150 Å². The maximum Gasteiger partial charge on any atom is 0.343 e. The van der Waals surface area contributed by atoms with Crippen molar-refractivity contribution in [3.05, 3.63) is 44.2 Å². The zero-order valence-corrected chi connectivity index (χ0v) is 14.5. The summed E-state index contributed by atoms with van der Waals surface area (Å²) in [5.41, 5.74) is 4.93. The van der Waals surface area contributed by atoms with Crippen LogP contribution < -0.4 is 16.0 Å². The summed E-state index contributed by atoms with van der Waals surface area (Å²) >= 11 is 3.29. The number of halogens is 1. The second-order valence-corrected chi connectivity index (χ2v) is 5.64. The number of methoxy groups -OCH3 is 1. The van der Waals surface area contributed by atoms with Gasteiger partial charge in [0.2, 0.25) is 0 Å². The van der Waals surface area contributed by atoms with Crippen molar-refractivity contribution in [3.8, 4) is 29.0 Å². The molecular weight excluding hydrogens is 392 g/mol. The van der Waals surface area contributed by atoms with Gasteiger partial charge in [-0.15, -0.1) is 0 Å². The molecule has 0 saturated heterocycles. The first-order valence-corrected chi connectivity index (χ1v) is 7.57. The smallest absolute Gasteiger partial charge is 0.343 e. The Hall–Kier alpha value is -3.30. The fourth-order valence-corrected chi connectivity index (χ4v) is 2.49. The Morgan fingerprint density at radius 2 is 2.00 bits per heavy atom. The molecule has 8 nitrogen and oxygen atoms in total. The molecule has 0 spiro atoms. The van der Waals surface area contributed by atoms with Crippen LogP contribution in [0, 0.1) is 22.7 Å². The van der Waals surface area contributed by atoms with Crippen LogP contribution in [0.25, 0.3) is 11.1 Å². The predicted octanol–water partition coefficient (Wildman–Crippen LogP) is 1.68. The van der Waals surface area contributed by atoms with Crippen LogP contribution in [-0.2, 0) is 9.53 Å². The molecule has 0 saturated carbocycles. The van der Waals surface area contributed by atoms with Crippen LogP contribution in [-0.4, -0.2) is 24.7 Å². The van der Waals surface area contributed by atoms with Crippen LogP contribution in [0.5, 0.6) is 5.75 Å². The predicted molar refractivity (Wildman–Crippen MR) is 91.6 cm³/mol. The van der Waals surface area contributed by atoms with Crippen molar-refractivity contribution in [1.29, 1.82) is 10.5 Å². The number of esters is 1. The number of hydrogen-bond donors (Lipinski definition) is 2. The van der Waals surface area contributed by atoms with Crippen molar-refractivity contribution in [2.24, 2.45) is 0 Å². The highest BCUT2D eigenvalue weighted by atomic mass is 79.9. The van der Waals surface area contributed by atoms with Gasteiger partial charge in [-0.3, -0.25) is 4.79 Å². The van der Waals surface area contributed by atoms with Crippen LogP contribution in [0.2, 0.25) is 0 Å². The molecule has 2 aromatic rings. The average molecular weight is 403 g/mol. The minimum atomic E-state index is -0.729. The van der Waals surface area contributed by atoms with Crippen LogP contribution in [0.4, 0.5) is 5.82 Å². The summed E-state index contributed by atoms with van der Waals surface area (Å²) in [4.78, 5) is 25.6. The Kier molecular flexibility index (Phi) is 5.42. The number of carbonyl (C=O) groups is 1. The molecule has 0 unspecified atom stereocenters. The Morgan fingerprint density at radius 1 is 1.32 bits per heavy atom. The van der Waals surface area contributed by atoms with E-state index in [4.69, 9.17) is 10.5 Å². The number of aromatic amines is 1. The quantitative estimate of drug-likeness (QED) is 0.740. The van der Waals surface area contributed by atoms with Crippen molar-refractivity contribution in [2.45, 2.75) is 0 Å². The molecule has 0 fully saturated rings. The molecular formula is C16H11BrN4O4. The number of nitriles is 2. The molecule has 1 aromatic carbocycles. The van der Waals surface area contributed by atoms with E-state index in [1.165, 1.54) is 13.2 Å². The summed E-state index contributed by atoms with van der Waals surface area (Å²) in [7, 11) is 1.22. The molecule has 2 rings (SSSR count). The summed E-state index contributed by atoms with van der Waals surface area (Å²) < 4.78 is 10.5. The highest BCUT2D eigenvalue weighted by Crippen LogP contribution is 2.37. The third kappa shape index (κ3) is 3.62. The lowest BCUT2D eigenvalue weighted by atomic mass is 9.96. The number of nitrogen functional groups attached to an aromatic ring is 1. The largest absolute Gasteiger partial charge is 0.481 e. The number of aromatic nitrogens is 1. The van der Waals surface area contributed by atoms with Crippen molar-refractivity contribution < 1.29 is 14.3 Å². The highest BCUT2D eigenvalue weighted by Gasteiger charge is 2.21. The van der Waals surface area contributed by atoms with Crippen LogP contribution in [0.1, 0.15) is 11.1 Å². The standard InChI is InChI=1S/C16H11BrN4O4/c1-24-13(22)7-25-12-3-2-8(17)4-9(12)14-10(5-18)15(20)21-16(23)11(14)6-19/h2-4H,7H2,1H3,(H3,20,21,23). The van der Waals surface area contributed by atoms with Gasteiger partial charge in [0, 0.05) is 15.6 Å². The Bertz CT molecular complexity index is 985. The third-order valence-electron chi connectivity index (χ3n) is 3.25. The topological polar surface area (TPSA) is 142 Å². The molecule has 0 aliphatic rings. The van der Waals surface area contributed by atoms with Gasteiger partial charge in [0.25, 0.3) is 5.56 Å². The molecule has 0 atom stereocenters. The monoisotopic (exact) mass is 402 g/mol. The maximum absolute atomic E-state index is 12.0. The van der Waals surface area contributed by atoms with Crippen LogP contribution in [0.3, 0.4) is 0 Å². The van der Waals surface area contributed by atoms with Gasteiger partial charge < -0.3 is 20.2 Å². The minimum absolute atomic E-state index is 0.0346. The summed E-state index contributed by atoms with van der Waals surface area (Å²) in [5.74, 6) is -0.590. The number of nitrogens with zero attached hydrogens (tertiary/aromatic N) is 2. The summed E-state index contributed by atoms with van der Waals surface area (Å²) in [6.07, 6.45) is 0. The van der Waals surface area contributed by atoms with Gasteiger partial charge in [-0.05, 0) is 18.2 Å². The molecule has 126 valence electrons. The molecule has 1 heterocycles. The highest BCUT2D eigenvalue weighted by molar-refractivity contribution is 9.10. The molecule has 0 amide bonds. The number of H-pyrrole nitrogens is 1. The second-order valence-electron chi connectivity index (χ2n) is 4.72. The van der Waals surface area contributed by atoms with Gasteiger partial charge in [-0.25, -0.2) is 4.79 Å². The van der Waals surface area contributed by atoms with Gasteiger partial charge in [0.05, 0.1) is 7.11 Å². The first-order valence-electron chi connectivity index (χ1n) is 6.78. The third-order valence-corrected chi connectivity index (χ3v) is 3.75. The molecule has 9 heteroatoms.